The Bertz CT molecular complexity index is 660. The van der Waals surface area contributed by atoms with E-state index < -0.39 is 42.0 Å². The number of hydrogen-bond acceptors (Lipinski definition) is 6. The Hall–Kier alpha value is -1.81. The highest BCUT2D eigenvalue weighted by atomic mass is 32.2. The number of carbonyl (C=O) groups is 4. The molecule has 10 heteroatoms. The van der Waals surface area contributed by atoms with Crippen molar-refractivity contribution in [1.29, 1.82) is 0 Å². The number of nitrogens with two attached hydrogens (primary N) is 1. The van der Waals surface area contributed by atoms with Gasteiger partial charge in [-0.1, -0.05) is 34.1 Å². The summed E-state index contributed by atoms with van der Waals surface area (Å²) in [7, 11) is 0. The van der Waals surface area contributed by atoms with Crippen molar-refractivity contribution in [2.24, 2.45) is 17.6 Å². The molecule has 1 rings (SSSR count). The summed E-state index contributed by atoms with van der Waals surface area (Å²) in [5.74, 6) is -1.67. The minimum Gasteiger partial charge on any atom is -0.480 e. The van der Waals surface area contributed by atoms with E-state index in [9.17, 15) is 24.3 Å². The Morgan fingerprint density at radius 1 is 1.19 bits per heavy atom. The zero-order valence-corrected chi connectivity index (χ0v) is 20.7. The van der Waals surface area contributed by atoms with Gasteiger partial charge in [-0.05, 0) is 49.5 Å². The van der Waals surface area contributed by atoms with Crippen molar-refractivity contribution in [3.63, 3.8) is 0 Å². The van der Waals surface area contributed by atoms with Crippen molar-refractivity contribution in [1.82, 2.24) is 15.5 Å². The van der Waals surface area contributed by atoms with Crippen LogP contribution in [0.15, 0.2) is 0 Å². The summed E-state index contributed by atoms with van der Waals surface area (Å²) in [6, 6.07) is -3.23. The molecule has 5 atom stereocenters. The topological polar surface area (TPSA) is 142 Å². The van der Waals surface area contributed by atoms with Crippen molar-refractivity contribution in [2.75, 3.05) is 18.6 Å². The molecule has 3 amide bonds. The minimum atomic E-state index is -1.10. The molecule has 0 aliphatic carbocycles. The Balaban J connectivity index is 2.91. The van der Waals surface area contributed by atoms with Gasteiger partial charge in [0.05, 0.1) is 6.04 Å². The van der Waals surface area contributed by atoms with Gasteiger partial charge in [-0.15, -0.1) is 0 Å². The molecular formula is C22H40N4O5S. The number of nitrogens with one attached hydrogen (secondary N) is 2. The predicted octanol–water partition coefficient (Wildman–Crippen LogP) is 1.20. The molecule has 0 radical (unpaired) electrons. The molecule has 0 bridgehead atoms. The fourth-order valence-electron chi connectivity index (χ4n) is 3.79. The first kappa shape index (κ1) is 28.2. The van der Waals surface area contributed by atoms with Gasteiger partial charge in [-0.25, -0.2) is 4.79 Å². The lowest BCUT2D eigenvalue weighted by Crippen LogP contribution is -2.57. The summed E-state index contributed by atoms with van der Waals surface area (Å²) in [6.07, 6.45) is 4.63. The number of thioether (sulfide) groups is 1. The average Bonchev–Trinajstić information content (AvgIpc) is 3.23. The fourth-order valence-corrected chi connectivity index (χ4v) is 4.28. The molecule has 0 aromatic heterocycles. The van der Waals surface area contributed by atoms with Gasteiger partial charge in [-0.2, -0.15) is 11.8 Å². The highest BCUT2D eigenvalue weighted by Crippen LogP contribution is 2.20. The smallest absolute Gasteiger partial charge is 0.326 e. The molecule has 0 aromatic rings. The zero-order chi connectivity index (χ0) is 24.4. The van der Waals surface area contributed by atoms with E-state index in [2.05, 4.69) is 10.6 Å². The second kappa shape index (κ2) is 13.7. The fraction of sp³-hybridized carbons (Fsp3) is 0.818. The van der Waals surface area contributed by atoms with Crippen LogP contribution in [0.5, 0.6) is 0 Å². The Morgan fingerprint density at radius 3 is 2.38 bits per heavy atom. The predicted molar refractivity (Wildman–Crippen MR) is 126 cm³/mol. The number of carbonyl (C=O) groups excluding carboxylic acids is 3. The summed E-state index contributed by atoms with van der Waals surface area (Å²) in [6.45, 7) is 7.92. The quantitative estimate of drug-likeness (QED) is 0.315. The Kier molecular flexibility index (Phi) is 12.1. The van der Waals surface area contributed by atoms with Crippen LogP contribution in [0.1, 0.15) is 59.8 Å². The molecule has 1 heterocycles. The molecule has 0 aromatic carbocycles. The van der Waals surface area contributed by atoms with Crippen LogP contribution in [-0.4, -0.2) is 76.4 Å². The highest BCUT2D eigenvalue weighted by Gasteiger charge is 2.38. The minimum absolute atomic E-state index is 0.0965. The number of rotatable bonds is 13. The van der Waals surface area contributed by atoms with Gasteiger partial charge in [0.1, 0.15) is 18.1 Å². The molecule has 32 heavy (non-hydrogen) atoms. The summed E-state index contributed by atoms with van der Waals surface area (Å²) in [5.41, 5.74) is 6.03. The van der Waals surface area contributed by atoms with Gasteiger partial charge in [-0.3, -0.25) is 14.4 Å². The van der Waals surface area contributed by atoms with Gasteiger partial charge in [0.25, 0.3) is 0 Å². The molecule has 1 fully saturated rings. The van der Waals surface area contributed by atoms with E-state index in [0.29, 0.717) is 38.6 Å². The first-order valence-corrected chi connectivity index (χ1v) is 12.8. The number of carboxylic acid groups (broad SMARTS) is 1. The van der Waals surface area contributed by atoms with E-state index >= 15 is 0 Å². The Morgan fingerprint density at radius 2 is 1.84 bits per heavy atom. The number of carboxylic acids is 1. The van der Waals surface area contributed by atoms with Gasteiger partial charge in [0.2, 0.25) is 17.7 Å². The maximum Gasteiger partial charge on any atom is 0.326 e. The second-order valence-corrected chi connectivity index (χ2v) is 9.96. The largest absolute Gasteiger partial charge is 0.480 e. The van der Waals surface area contributed by atoms with Crippen molar-refractivity contribution in [2.45, 2.75) is 84.0 Å². The molecular weight excluding hydrogens is 432 g/mol. The molecule has 5 unspecified atom stereocenters. The van der Waals surface area contributed by atoms with Crippen LogP contribution in [0.25, 0.3) is 0 Å². The van der Waals surface area contributed by atoms with Crippen LogP contribution in [-0.2, 0) is 19.2 Å². The van der Waals surface area contributed by atoms with Crippen molar-refractivity contribution in [3.8, 4) is 0 Å². The van der Waals surface area contributed by atoms with Crippen molar-refractivity contribution >= 4 is 35.5 Å². The average molecular weight is 473 g/mol. The van der Waals surface area contributed by atoms with Crippen LogP contribution in [0.3, 0.4) is 0 Å². The van der Waals surface area contributed by atoms with E-state index in [1.54, 1.807) is 18.7 Å². The maximum atomic E-state index is 13.1. The second-order valence-electron chi connectivity index (χ2n) is 8.98. The Labute approximate surface area is 195 Å². The molecule has 184 valence electrons. The lowest BCUT2D eigenvalue weighted by Gasteiger charge is -2.29. The van der Waals surface area contributed by atoms with Crippen LogP contribution >= 0.6 is 11.8 Å². The standard InChI is InChI=1S/C22H40N4O5S/c1-6-14(4)18(22(30)31)25-19(27)16(12-13(2)3)24-20(28)17-8-7-10-26(17)21(29)15(23)9-11-32-5/h13-18H,6-12,23H2,1-5H3,(H,24,28)(H,25,27)(H,30,31). The first-order chi connectivity index (χ1) is 15.0. The molecule has 0 spiro atoms. The lowest BCUT2D eigenvalue weighted by molar-refractivity contribution is -0.144. The van der Waals surface area contributed by atoms with Crippen molar-refractivity contribution in [3.05, 3.63) is 0 Å². The summed E-state index contributed by atoms with van der Waals surface area (Å²) in [5, 5.41) is 14.9. The van der Waals surface area contributed by atoms with E-state index in [1.807, 2.05) is 27.0 Å². The van der Waals surface area contributed by atoms with Gasteiger partial charge < -0.3 is 26.4 Å². The van der Waals surface area contributed by atoms with E-state index in [1.165, 1.54) is 4.90 Å². The molecule has 9 nitrogen and oxygen atoms in total. The molecule has 5 N–H and O–H groups in total. The summed E-state index contributed by atoms with van der Waals surface area (Å²) >= 11 is 1.61. The number of nitrogens with zero attached hydrogens (tertiary/aromatic N) is 1. The molecule has 1 aliphatic rings. The number of likely N-dealkylation sites (tertiary alicyclic amines) is 1. The number of amides is 3. The van der Waals surface area contributed by atoms with Gasteiger partial charge in [0.15, 0.2) is 0 Å². The molecule has 1 aliphatic heterocycles. The van der Waals surface area contributed by atoms with Crippen LogP contribution in [0, 0.1) is 11.8 Å². The van der Waals surface area contributed by atoms with Crippen LogP contribution in [0.4, 0.5) is 0 Å². The summed E-state index contributed by atoms with van der Waals surface area (Å²) in [4.78, 5) is 51.9. The van der Waals surface area contributed by atoms with Crippen LogP contribution < -0.4 is 16.4 Å². The SMILES string of the molecule is CCC(C)C(NC(=O)C(CC(C)C)NC(=O)C1CCCN1C(=O)C(N)CCSC)C(=O)O. The summed E-state index contributed by atoms with van der Waals surface area (Å²) < 4.78 is 0. The van der Waals surface area contributed by atoms with E-state index in [-0.39, 0.29) is 17.7 Å². The van der Waals surface area contributed by atoms with Crippen LogP contribution in [0.2, 0.25) is 0 Å². The first-order valence-electron chi connectivity index (χ1n) is 11.4. The third kappa shape index (κ3) is 8.27. The van der Waals surface area contributed by atoms with E-state index in [0.717, 1.165) is 5.75 Å². The zero-order valence-electron chi connectivity index (χ0n) is 19.9. The highest BCUT2D eigenvalue weighted by molar-refractivity contribution is 7.98. The normalized spacial score (nSPS) is 19.8. The third-order valence-corrected chi connectivity index (χ3v) is 6.55. The molecule has 1 saturated heterocycles. The number of aliphatic carboxylic acids is 1. The lowest BCUT2D eigenvalue weighted by atomic mass is 9.97. The maximum absolute atomic E-state index is 13.1. The molecule has 0 saturated carbocycles. The van der Waals surface area contributed by atoms with Gasteiger partial charge in [0, 0.05) is 6.54 Å². The van der Waals surface area contributed by atoms with Crippen molar-refractivity contribution < 1.29 is 24.3 Å². The van der Waals surface area contributed by atoms with E-state index in [4.69, 9.17) is 5.73 Å². The van der Waals surface area contributed by atoms with Gasteiger partial charge >= 0.3 is 5.97 Å². The monoisotopic (exact) mass is 472 g/mol. The third-order valence-electron chi connectivity index (χ3n) is 5.91. The number of hydrogen-bond donors (Lipinski definition) is 4.